The van der Waals surface area contributed by atoms with Crippen molar-refractivity contribution in [1.82, 2.24) is 4.90 Å². The lowest BCUT2D eigenvalue weighted by Gasteiger charge is -2.14. The minimum Gasteiger partial charge on any atom is -0.497 e. The van der Waals surface area contributed by atoms with Crippen LogP contribution in [0.1, 0.15) is 12.8 Å². The third-order valence-electron chi connectivity index (χ3n) is 3.49. The Bertz CT molecular complexity index is 686. The number of imide groups is 1. The Hall–Kier alpha value is -3.10. The minimum absolute atomic E-state index is 0.0855. The van der Waals surface area contributed by atoms with E-state index in [4.69, 9.17) is 14.2 Å². The topological polar surface area (TPSA) is 111 Å². The summed E-state index contributed by atoms with van der Waals surface area (Å²) in [7, 11) is 2.93. The molecule has 0 bridgehead atoms. The molecular weight excluding hydrogens is 332 g/mol. The molecule has 1 aliphatic heterocycles. The summed E-state index contributed by atoms with van der Waals surface area (Å²) >= 11 is 0. The van der Waals surface area contributed by atoms with E-state index in [9.17, 15) is 19.2 Å². The second kappa shape index (κ2) is 8.13. The summed E-state index contributed by atoms with van der Waals surface area (Å²) in [6.45, 7) is -1.05. The summed E-state index contributed by atoms with van der Waals surface area (Å²) in [4.78, 5) is 47.3. The first-order valence-corrected chi connectivity index (χ1v) is 7.45. The van der Waals surface area contributed by atoms with Crippen LogP contribution >= 0.6 is 0 Å². The first kappa shape index (κ1) is 18.2. The van der Waals surface area contributed by atoms with Crippen LogP contribution in [0.4, 0.5) is 5.69 Å². The molecule has 1 aromatic rings. The van der Waals surface area contributed by atoms with Crippen molar-refractivity contribution in [3.8, 4) is 11.5 Å². The van der Waals surface area contributed by atoms with E-state index < -0.39 is 36.8 Å². The number of methoxy groups -OCH3 is 2. The number of esters is 1. The minimum atomic E-state index is -0.837. The second-order valence-corrected chi connectivity index (χ2v) is 5.15. The summed E-state index contributed by atoms with van der Waals surface area (Å²) < 4.78 is 15.0. The zero-order valence-electron chi connectivity index (χ0n) is 13.9. The fourth-order valence-corrected chi connectivity index (χ4v) is 2.22. The van der Waals surface area contributed by atoms with Gasteiger partial charge in [-0.2, -0.15) is 0 Å². The van der Waals surface area contributed by atoms with Gasteiger partial charge in [-0.05, 0) is 12.1 Å². The fraction of sp³-hybridized carbons (Fsp3) is 0.375. The molecule has 1 heterocycles. The van der Waals surface area contributed by atoms with Gasteiger partial charge in [0.2, 0.25) is 11.8 Å². The highest BCUT2D eigenvalue weighted by atomic mass is 16.5. The van der Waals surface area contributed by atoms with E-state index >= 15 is 0 Å². The van der Waals surface area contributed by atoms with E-state index in [-0.39, 0.29) is 12.8 Å². The van der Waals surface area contributed by atoms with Gasteiger partial charge in [0, 0.05) is 18.9 Å². The molecule has 1 fully saturated rings. The lowest BCUT2D eigenvalue weighted by Crippen LogP contribution is -2.36. The number of carbonyl (C=O) groups is 4. The van der Waals surface area contributed by atoms with Crippen LogP contribution in [-0.2, 0) is 23.9 Å². The van der Waals surface area contributed by atoms with Gasteiger partial charge >= 0.3 is 5.97 Å². The van der Waals surface area contributed by atoms with Gasteiger partial charge in [-0.1, -0.05) is 0 Å². The van der Waals surface area contributed by atoms with Crippen molar-refractivity contribution in [2.45, 2.75) is 12.8 Å². The molecule has 1 N–H and O–H groups in total. The van der Waals surface area contributed by atoms with Crippen LogP contribution in [-0.4, -0.2) is 56.0 Å². The van der Waals surface area contributed by atoms with Gasteiger partial charge in [0.05, 0.1) is 19.9 Å². The van der Waals surface area contributed by atoms with Crippen molar-refractivity contribution in [1.29, 1.82) is 0 Å². The average Bonchev–Trinajstić information content (AvgIpc) is 2.91. The predicted molar refractivity (Wildman–Crippen MR) is 85.1 cm³/mol. The summed E-state index contributed by atoms with van der Waals surface area (Å²) in [5.74, 6) is -1.36. The molecule has 134 valence electrons. The van der Waals surface area contributed by atoms with Gasteiger partial charge in [0.15, 0.2) is 6.61 Å². The van der Waals surface area contributed by atoms with Crippen LogP contribution in [0.5, 0.6) is 11.5 Å². The molecule has 0 unspecified atom stereocenters. The smallest absolute Gasteiger partial charge is 0.326 e. The monoisotopic (exact) mass is 350 g/mol. The molecule has 0 radical (unpaired) electrons. The molecule has 1 saturated heterocycles. The van der Waals surface area contributed by atoms with Crippen LogP contribution in [0.15, 0.2) is 18.2 Å². The van der Waals surface area contributed by atoms with E-state index in [1.54, 1.807) is 18.2 Å². The molecule has 0 atom stereocenters. The summed E-state index contributed by atoms with van der Waals surface area (Å²) in [5.41, 5.74) is 0.354. The lowest BCUT2D eigenvalue weighted by molar-refractivity contribution is -0.153. The summed E-state index contributed by atoms with van der Waals surface area (Å²) in [6.07, 6.45) is 0.171. The Morgan fingerprint density at radius 2 is 1.80 bits per heavy atom. The van der Waals surface area contributed by atoms with Crippen LogP contribution in [0.25, 0.3) is 0 Å². The molecule has 0 spiro atoms. The number of rotatable bonds is 7. The zero-order chi connectivity index (χ0) is 18.4. The Morgan fingerprint density at radius 3 is 2.40 bits per heavy atom. The Labute approximate surface area is 143 Å². The highest BCUT2D eigenvalue weighted by Crippen LogP contribution is 2.28. The maximum absolute atomic E-state index is 11.9. The maximum atomic E-state index is 11.9. The molecule has 1 aliphatic rings. The van der Waals surface area contributed by atoms with Crippen LogP contribution in [0.2, 0.25) is 0 Å². The van der Waals surface area contributed by atoms with Crippen molar-refractivity contribution < 1.29 is 33.4 Å². The van der Waals surface area contributed by atoms with Crippen molar-refractivity contribution in [2.24, 2.45) is 0 Å². The largest absolute Gasteiger partial charge is 0.497 e. The Morgan fingerprint density at radius 1 is 1.12 bits per heavy atom. The van der Waals surface area contributed by atoms with E-state index in [2.05, 4.69) is 5.32 Å². The molecule has 2 rings (SSSR count). The number of amides is 3. The molecule has 3 amide bonds. The van der Waals surface area contributed by atoms with Crippen LogP contribution < -0.4 is 14.8 Å². The van der Waals surface area contributed by atoms with Crippen molar-refractivity contribution in [3.05, 3.63) is 18.2 Å². The molecule has 25 heavy (non-hydrogen) atoms. The molecule has 0 saturated carbocycles. The Balaban J connectivity index is 1.87. The van der Waals surface area contributed by atoms with Crippen molar-refractivity contribution in [2.75, 3.05) is 32.7 Å². The van der Waals surface area contributed by atoms with E-state index in [1.807, 2.05) is 0 Å². The number of benzene rings is 1. The normalized spacial score (nSPS) is 13.6. The van der Waals surface area contributed by atoms with E-state index in [1.165, 1.54) is 14.2 Å². The number of nitrogens with zero attached hydrogens (tertiary/aromatic N) is 1. The zero-order valence-corrected chi connectivity index (χ0v) is 13.9. The van der Waals surface area contributed by atoms with Crippen molar-refractivity contribution in [3.63, 3.8) is 0 Å². The summed E-state index contributed by atoms with van der Waals surface area (Å²) in [5, 5.41) is 2.53. The highest BCUT2D eigenvalue weighted by molar-refractivity contribution is 6.04. The highest BCUT2D eigenvalue weighted by Gasteiger charge is 2.31. The van der Waals surface area contributed by atoms with Gasteiger partial charge in [0.1, 0.15) is 18.0 Å². The predicted octanol–water partition coefficient (Wildman–Crippen LogP) is 0.334. The number of likely N-dealkylation sites (tertiary alicyclic amines) is 1. The van der Waals surface area contributed by atoms with Gasteiger partial charge in [-0.15, -0.1) is 0 Å². The number of hydrogen-bond donors (Lipinski definition) is 1. The van der Waals surface area contributed by atoms with Gasteiger partial charge in [0.25, 0.3) is 5.91 Å². The summed E-state index contributed by atoms with van der Waals surface area (Å²) in [6, 6.07) is 4.84. The number of carbonyl (C=O) groups excluding carboxylic acids is 4. The van der Waals surface area contributed by atoms with E-state index in [0.717, 1.165) is 4.90 Å². The quantitative estimate of drug-likeness (QED) is 0.557. The van der Waals surface area contributed by atoms with Gasteiger partial charge < -0.3 is 19.5 Å². The van der Waals surface area contributed by atoms with Crippen LogP contribution in [0, 0.1) is 0 Å². The molecule has 0 aromatic heterocycles. The van der Waals surface area contributed by atoms with Gasteiger partial charge in [-0.3, -0.25) is 24.1 Å². The number of nitrogens with one attached hydrogen (secondary N) is 1. The SMILES string of the molecule is COc1ccc(OC)c(NC(=O)COC(=O)CN2C(=O)CCC2=O)c1. The second-order valence-electron chi connectivity index (χ2n) is 5.15. The van der Waals surface area contributed by atoms with Gasteiger partial charge in [-0.25, -0.2) is 0 Å². The molecule has 9 heteroatoms. The number of anilines is 1. The molecular formula is C16H18N2O7. The van der Waals surface area contributed by atoms with Crippen molar-refractivity contribution >= 4 is 29.4 Å². The fourth-order valence-electron chi connectivity index (χ4n) is 2.22. The molecule has 0 aliphatic carbocycles. The lowest BCUT2D eigenvalue weighted by atomic mass is 10.2. The first-order valence-electron chi connectivity index (χ1n) is 7.45. The Kier molecular flexibility index (Phi) is 5.93. The molecule has 1 aromatic carbocycles. The standard InChI is InChI=1S/C16H18N2O7/c1-23-10-3-4-12(24-2)11(7-10)17-13(19)9-25-16(22)8-18-14(20)5-6-15(18)21/h3-4,7H,5-6,8-9H2,1-2H3,(H,17,19). The maximum Gasteiger partial charge on any atom is 0.326 e. The number of hydrogen-bond acceptors (Lipinski definition) is 7. The third kappa shape index (κ3) is 4.69. The van der Waals surface area contributed by atoms with E-state index in [0.29, 0.717) is 17.2 Å². The van der Waals surface area contributed by atoms with Crippen LogP contribution in [0.3, 0.4) is 0 Å². The molecule has 9 nitrogen and oxygen atoms in total. The number of ether oxygens (including phenoxy) is 3. The third-order valence-corrected chi connectivity index (χ3v) is 3.49. The first-order chi connectivity index (χ1) is 11.9. The average molecular weight is 350 g/mol.